The molecule has 0 aliphatic carbocycles. The summed E-state index contributed by atoms with van der Waals surface area (Å²) in [6.45, 7) is 11.8. The first-order valence-corrected chi connectivity index (χ1v) is 11.7. The summed E-state index contributed by atoms with van der Waals surface area (Å²) in [4.78, 5) is 31.4. The Morgan fingerprint density at radius 2 is 1.85 bits per heavy atom. The molecule has 0 unspecified atom stereocenters. The molecule has 3 heterocycles. The van der Waals surface area contributed by atoms with E-state index >= 15 is 0 Å². The van der Waals surface area contributed by atoms with E-state index in [1.165, 1.54) is 6.26 Å². The number of rotatable bonds is 6. The number of ether oxygens (including phenoxy) is 1. The van der Waals surface area contributed by atoms with Gasteiger partial charge in [-0.15, -0.1) is 0 Å². The van der Waals surface area contributed by atoms with Crippen molar-refractivity contribution < 1.29 is 9.15 Å². The number of benzene rings is 1. The zero-order valence-electron chi connectivity index (χ0n) is 20.0. The SMILES string of the molecule is Cc1nc(COc2nc(C)n(-c3cc(-c4nc(C(C)C)ncc4C)ccc3C)c(=O)c2Br)co1. The lowest BCUT2D eigenvalue weighted by atomic mass is 10.0. The quantitative estimate of drug-likeness (QED) is 0.334. The summed E-state index contributed by atoms with van der Waals surface area (Å²) in [7, 11) is 0. The Bertz CT molecular complexity index is 1420. The number of aromatic nitrogens is 5. The fourth-order valence-corrected chi connectivity index (χ4v) is 3.98. The highest BCUT2D eigenvalue weighted by Gasteiger charge is 2.18. The molecule has 9 heteroatoms. The second-order valence-electron chi connectivity index (χ2n) is 8.48. The molecule has 3 aromatic heterocycles. The number of aryl methyl sites for hydroxylation is 4. The van der Waals surface area contributed by atoms with Gasteiger partial charge >= 0.3 is 0 Å². The van der Waals surface area contributed by atoms with Gasteiger partial charge < -0.3 is 9.15 Å². The van der Waals surface area contributed by atoms with Crippen LogP contribution in [0.25, 0.3) is 16.9 Å². The smallest absolute Gasteiger partial charge is 0.276 e. The minimum Gasteiger partial charge on any atom is -0.470 e. The molecule has 0 radical (unpaired) electrons. The first-order chi connectivity index (χ1) is 16.2. The van der Waals surface area contributed by atoms with Crippen molar-refractivity contribution in [3.05, 3.63) is 79.8 Å². The van der Waals surface area contributed by atoms with E-state index in [0.717, 1.165) is 33.9 Å². The Hall–Kier alpha value is -3.33. The van der Waals surface area contributed by atoms with Crippen molar-refractivity contribution in [2.45, 2.75) is 54.1 Å². The molecule has 4 aromatic rings. The summed E-state index contributed by atoms with van der Waals surface area (Å²) >= 11 is 3.38. The van der Waals surface area contributed by atoms with Crippen molar-refractivity contribution in [1.29, 1.82) is 0 Å². The lowest BCUT2D eigenvalue weighted by Gasteiger charge is -2.16. The molecule has 8 nitrogen and oxygen atoms in total. The maximum atomic E-state index is 13.4. The van der Waals surface area contributed by atoms with Gasteiger partial charge in [-0.3, -0.25) is 9.36 Å². The largest absolute Gasteiger partial charge is 0.470 e. The van der Waals surface area contributed by atoms with Gasteiger partial charge in [-0.1, -0.05) is 26.0 Å². The topological polar surface area (TPSA) is 95.9 Å². The van der Waals surface area contributed by atoms with Crippen molar-refractivity contribution in [3.8, 4) is 22.8 Å². The van der Waals surface area contributed by atoms with Crippen molar-refractivity contribution in [2.75, 3.05) is 0 Å². The third-order valence-corrected chi connectivity index (χ3v) is 6.10. The lowest BCUT2D eigenvalue weighted by Crippen LogP contribution is -2.24. The zero-order valence-corrected chi connectivity index (χ0v) is 21.6. The van der Waals surface area contributed by atoms with Crippen LogP contribution in [-0.4, -0.2) is 24.5 Å². The van der Waals surface area contributed by atoms with Crippen LogP contribution < -0.4 is 10.3 Å². The summed E-state index contributed by atoms with van der Waals surface area (Å²) in [5, 5.41) is 0. The van der Waals surface area contributed by atoms with Gasteiger partial charge in [0.1, 0.15) is 34.7 Å². The van der Waals surface area contributed by atoms with Crippen LogP contribution >= 0.6 is 15.9 Å². The first kappa shape index (κ1) is 23.8. The van der Waals surface area contributed by atoms with Gasteiger partial charge in [0, 0.05) is 24.6 Å². The molecular weight excluding hydrogens is 498 g/mol. The predicted octanol–water partition coefficient (Wildman–Crippen LogP) is 5.38. The fourth-order valence-electron chi connectivity index (χ4n) is 3.60. The monoisotopic (exact) mass is 523 g/mol. The highest BCUT2D eigenvalue weighted by molar-refractivity contribution is 9.10. The summed E-state index contributed by atoms with van der Waals surface area (Å²) < 4.78 is 12.8. The maximum absolute atomic E-state index is 13.4. The Morgan fingerprint density at radius 3 is 2.53 bits per heavy atom. The standard InChI is InChI=1S/C25H26BrN5O3/c1-13(2)23-27-10-15(4)22(30-23)18-8-7-14(3)20(9-18)31-16(5)28-24(21(26)25(31)32)34-12-19-11-33-17(6)29-19/h7-11,13H,12H2,1-6H3. The summed E-state index contributed by atoms with van der Waals surface area (Å²) in [5.41, 5.74) is 4.75. The van der Waals surface area contributed by atoms with Crippen LogP contribution in [0, 0.1) is 27.7 Å². The zero-order chi connectivity index (χ0) is 24.6. The van der Waals surface area contributed by atoms with Gasteiger partial charge in [0.15, 0.2) is 5.89 Å². The predicted molar refractivity (Wildman–Crippen MR) is 132 cm³/mol. The molecule has 4 rings (SSSR count). The normalized spacial score (nSPS) is 11.3. The van der Waals surface area contributed by atoms with E-state index in [2.05, 4.69) is 44.7 Å². The highest BCUT2D eigenvalue weighted by Crippen LogP contribution is 2.28. The van der Waals surface area contributed by atoms with E-state index in [9.17, 15) is 4.79 Å². The van der Waals surface area contributed by atoms with Crippen LogP contribution in [0.15, 0.2) is 44.3 Å². The molecule has 0 amide bonds. The molecule has 0 bridgehead atoms. The van der Waals surface area contributed by atoms with E-state index in [4.69, 9.17) is 14.1 Å². The average molecular weight is 524 g/mol. The number of nitrogens with zero attached hydrogens (tertiary/aromatic N) is 5. The minimum atomic E-state index is -0.263. The molecule has 176 valence electrons. The van der Waals surface area contributed by atoms with Crippen LogP contribution in [0.2, 0.25) is 0 Å². The molecule has 0 spiro atoms. The summed E-state index contributed by atoms with van der Waals surface area (Å²) in [5.74, 6) is 2.25. The highest BCUT2D eigenvalue weighted by atomic mass is 79.9. The Labute approximate surface area is 206 Å². The van der Waals surface area contributed by atoms with E-state index in [0.29, 0.717) is 17.4 Å². The molecule has 0 saturated heterocycles. The lowest BCUT2D eigenvalue weighted by molar-refractivity contribution is 0.284. The van der Waals surface area contributed by atoms with Gasteiger partial charge in [0.2, 0.25) is 5.88 Å². The fraction of sp³-hybridized carbons (Fsp3) is 0.320. The molecular formula is C25H26BrN5O3. The number of oxazole rings is 1. The minimum absolute atomic E-state index is 0.144. The Kier molecular flexibility index (Phi) is 6.65. The van der Waals surface area contributed by atoms with Crippen LogP contribution in [0.4, 0.5) is 0 Å². The summed E-state index contributed by atoms with van der Waals surface area (Å²) in [6, 6.07) is 5.97. The third-order valence-electron chi connectivity index (χ3n) is 5.42. The van der Waals surface area contributed by atoms with E-state index < -0.39 is 0 Å². The maximum Gasteiger partial charge on any atom is 0.276 e. The van der Waals surface area contributed by atoms with Gasteiger partial charge in [0.25, 0.3) is 5.56 Å². The van der Waals surface area contributed by atoms with Crippen molar-refractivity contribution in [1.82, 2.24) is 24.5 Å². The van der Waals surface area contributed by atoms with Gasteiger partial charge in [-0.05, 0) is 53.9 Å². The molecule has 0 fully saturated rings. The van der Waals surface area contributed by atoms with Crippen LogP contribution in [0.5, 0.6) is 5.88 Å². The van der Waals surface area contributed by atoms with E-state index in [1.807, 2.05) is 38.2 Å². The van der Waals surface area contributed by atoms with Crippen LogP contribution in [0.3, 0.4) is 0 Å². The summed E-state index contributed by atoms with van der Waals surface area (Å²) in [6.07, 6.45) is 3.36. The molecule has 1 aromatic carbocycles. The van der Waals surface area contributed by atoms with Crippen LogP contribution in [0.1, 0.15) is 54.1 Å². The van der Waals surface area contributed by atoms with Crippen LogP contribution in [-0.2, 0) is 6.61 Å². The molecule has 0 N–H and O–H groups in total. The Morgan fingerprint density at radius 1 is 1.09 bits per heavy atom. The third kappa shape index (κ3) is 4.65. The van der Waals surface area contributed by atoms with E-state index in [1.54, 1.807) is 18.4 Å². The van der Waals surface area contributed by atoms with Gasteiger partial charge in [-0.25, -0.2) is 15.0 Å². The molecule has 0 saturated carbocycles. The van der Waals surface area contributed by atoms with Crippen molar-refractivity contribution in [3.63, 3.8) is 0 Å². The number of hydrogen-bond donors (Lipinski definition) is 0. The Balaban J connectivity index is 1.76. The van der Waals surface area contributed by atoms with Crippen molar-refractivity contribution >= 4 is 15.9 Å². The molecule has 34 heavy (non-hydrogen) atoms. The second-order valence-corrected chi connectivity index (χ2v) is 9.27. The van der Waals surface area contributed by atoms with Gasteiger partial charge in [0.05, 0.1) is 11.4 Å². The molecule has 0 aliphatic rings. The second kappa shape index (κ2) is 9.50. The van der Waals surface area contributed by atoms with Crippen molar-refractivity contribution in [2.24, 2.45) is 0 Å². The number of halogens is 1. The van der Waals surface area contributed by atoms with E-state index in [-0.39, 0.29) is 28.4 Å². The first-order valence-electron chi connectivity index (χ1n) is 10.9. The average Bonchev–Trinajstić information content (AvgIpc) is 3.22. The molecule has 0 aliphatic heterocycles. The van der Waals surface area contributed by atoms with Gasteiger partial charge in [-0.2, -0.15) is 4.98 Å². The number of hydrogen-bond acceptors (Lipinski definition) is 7. The molecule has 0 atom stereocenters.